The SMILES string of the molecule is CCC[C@@H](NC(=O)C1CC2CC2C1)C(=O)O. The summed E-state index contributed by atoms with van der Waals surface area (Å²) in [5.41, 5.74) is 0. The first-order valence-electron chi connectivity index (χ1n) is 6.15. The maximum atomic E-state index is 11.8. The van der Waals surface area contributed by atoms with E-state index < -0.39 is 12.0 Å². The number of hydrogen-bond acceptors (Lipinski definition) is 2. The number of rotatable bonds is 5. The van der Waals surface area contributed by atoms with Crippen LogP contribution in [0.1, 0.15) is 39.0 Å². The van der Waals surface area contributed by atoms with E-state index in [-0.39, 0.29) is 11.8 Å². The Kier molecular flexibility index (Phi) is 3.17. The number of amides is 1. The zero-order chi connectivity index (χ0) is 11.7. The first-order valence-corrected chi connectivity index (χ1v) is 6.15. The van der Waals surface area contributed by atoms with Gasteiger partial charge in [-0.3, -0.25) is 4.79 Å². The molecule has 2 saturated carbocycles. The van der Waals surface area contributed by atoms with E-state index in [1.54, 1.807) is 0 Å². The molecule has 3 atom stereocenters. The van der Waals surface area contributed by atoms with Crippen LogP contribution in [0.5, 0.6) is 0 Å². The van der Waals surface area contributed by atoms with Crippen molar-refractivity contribution in [3.8, 4) is 0 Å². The number of carbonyl (C=O) groups excluding carboxylic acids is 1. The molecule has 2 unspecified atom stereocenters. The third-order valence-electron chi connectivity index (χ3n) is 3.81. The molecule has 2 aliphatic carbocycles. The molecule has 90 valence electrons. The summed E-state index contributed by atoms with van der Waals surface area (Å²) in [6.07, 6.45) is 4.50. The quantitative estimate of drug-likeness (QED) is 0.743. The summed E-state index contributed by atoms with van der Waals surface area (Å²) in [6, 6.07) is -0.700. The highest BCUT2D eigenvalue weighted by atomic mass is 16.4. The molecule has 16 heavy (non-hydrogen) atoms. The topological polar surface area (TPSA) is 66.4 Å². The van der Waals surface area contributed by atoms with E-state index in [4.69, 9.17) is 5.11 Å². The second kappa shape index (κ2) is 4.44. The monoisotopic (exact) mass is 225 g/mol. The Labute approximate surface area is 95.4 Å². The highest BCUT2D eigenvalue weighted by Crippen LogP contribution is 2.54. The fourth-order valence-electron chi connectivity index (χ4n) is 2.76. The van der Waals surface area contributed by atoms with E-state index in [2.05, 4.69) is 5.32 Å². The van der Waals surface area contributed by atoms with Gasteiger partial charge in [0, 0.05) is 5.92 Å². The predicted molar refractivity (Wildman–Crippen MR) is 58.8 cm³/mol. The van der Waals surface area contributed by atoms with Gasteiger partial charge in [-0.05, 0) is 37.5 Å². The van der Waals surface area contributed by atoms with Gasteiger partial charge in [-0.1, -0.05) is 13.3 Å². The molecule has 1 amide bonds. The Morgan fingerprint density at radius 3 is 2.44 bits per heavy atom. The Morgan fingerprint density at radius 1 is 1.31 bits per heavy atom. The van der Waals surface area contributed by atoms with Crippen LogP contribution in [0.2, 0.25) is 0 Å². The average molecular weight is 225 g/mol. The van der Waals surface area contributed by atoms with Gasteiger partial charge in [0.25, 0.3) is 0 Å². The van der Waals surface area contributed by atoms with Crippen molar-refractivity contribution < 1.29 is 14.7 Å². The molecule has 2 aliphatic rings. The van der Waals surface area contributed by atoms with Crippen molar-refractivity contribution in [1.82, 2.24) is 5.32 Å². The zero-order valence-electron chi connectivity index (χ0n) is 9.61. The molecule has 0 aliphatic heterocycles. The Balaban J connectivity index is 1.82. The third kappa shape index (κ3) is 2.36. The number of fused-ring (bicyclic) bond motifs is 1. The van der Waals surface area contributed by atoms with Crippen molar-refractivity contribution >= 4 is 11.9 Å². The molecule has 0 saturated heterocycles. The lowest BCUT2D eigenvalue weighted by atomic mass is 10.0. The van der Waals surface area contributed by atoms with Crippen LogP contribution in [-0.4, -0.2) is 23.0 Å². The van der Waals surface area contributed by atoms with Crippen LogP contribution in [-0.2, 0) is 9.59 Å². The minimum atomic E-state index is -0.918. The maximum absolute atomic E-state index is 11.8. The van der Waals surface area contributed by atoms with Crippen molar-refractivity contribution in [3.63, 3.8) is 0 Å². The smallest absolute Gasteiger partial charge is 0.326 e. The molecule has 2 fully saturated rings. The highest BCUT2D eigenvalue weighted by molar-refractivity contribution is 5.85. The van der Waals surface area contributed by atoms with Gasteiger partial charge in [-0.15, -0.1) is 0 Å². The molecule has 2 N–H and O–H groups in total. The normalized spacial score (nSPS) is 32.9. The molecule has 0 bridgehead atoms. The first kappa shape index (κ1) is 11.4. The van der Waals surface area contributed by atoms with E-state index in [0.29, 0.717) is 6.42 Å². The van der Waals surface area contributed by atoms with Gasteiger partial charge >= 0.3 is 5.97 Å². The van der Waals surface area contributed by atoms with E-state index in [1.165, 1.54) is 6.42 Å². The molecule has 0 aromatic heterocycles. The first-order chi connectivity index (χ1) is 7.61. The number of carbonyl (C=O) groups is 2. The van der Waals surface area contributed by atoms with Crippen LogP contribution >= 0.6 is 0 Å². The van der Waals surface area contributed by atoms with E-state index in [0.717, 1.165) is 31.1 Å². The largest absolute Gasteiger partial charge is 0.480 e. The van der Waals surface area contributed by atoms with E-state index in [9.17, 15) is 9.59 Å². The van der Waals surface area contributed by atoms with Gasteiger partial charge in [-0.2, -0.15) is 0 Å². The minimum Gasteiger partial charge on any atom is -0.480 e. The number of carboxylic acid groups (broad SMARTS) is 1. The number of nitrogens with one attached hydrogen (secondary N) is 1. The van der Waals surface area contributed by atoms with Gasteiger partial charge in [0.15, 0.2) is 0 Å². The summed E-state index contributed by atoms with van der Waals surface area (Å²) >= 11 is 0. The minimum absolute atomic E-state index is 0.0481. The van der Waals surface area contributed by atoms with E-state index >= 15 is 0 Å². The fraction of sp³-hybridized carbons (Fsp3) is 0.833. The lowest BCUT2D eigenvalue weighted by molar-refractivity contribution is -0.142. The van der Waals surface area contributed by atoms with Crippen LogP contribution in [0, 0.1) is 17.8 Å². The molecule has 0 radical (unpaired) electrons. The molecule has 0 spiro atoms. The van der Waals surface area contributed by atoms with Crippen LogP contribution in [0.15, 0.2) is 0 Å². The average Bonchev–Trinajstić information content (AvgIpc) is 2.84. The fourth-order valence-corrected chi connectivity index (χ4v) is 2.76. The Hall–Kier alpha value is -1.06. The predicted octanol–water partition coefficient (Wildman–Crippen LogP) is 1.40. The number of hydrogen-bond donors (Lipinski definition) is 2. The summed E-state index contributed by atoms with van der Waals surface area (Å²) in [5, 5.41) is 11.6. The standard InChI is InChI=1S/C12H19NO3/c1-2-3-10(12(15)16)13-11(14)9-5-7-4-8(7)6-9/h7-10H,2-6H2,1H3,(H,13,14)(H,15,16)/t7?,8?,9?,10-/m1/s1. The summed E-state index contributed by atoms with van der Waals surface area (Å²) in [7, 11) is 0. The van der Waals surface area contributed by atoms with Crippen LogP contribution in [0.25, 0.3) is 0 Å². The van der Waals surface area contributed by atoms with Crippen LogP contribution in [0.4, 0.5) is 0 Å². The third-order valence-corrected chi connectivity index (χ3v) is 3.81. The maximum Gasteiger partial charge on any atom is 0.326 e. The Bertz CT molecular complexity index is 293. The molecule has 0 heterocycles. The van der Waals surface area contributed by atoms with E-state index in [1.807, 2.05) is 6.92 Å². The lowest BCUT2D eigenvalue weighted by Crippen LogP contribution is -2.43. The highest BCUT2D eigenvalue weighted by Gasteiger charge is 2.48. The van der Waals surface area contributed by atoms with Crippen LogP contribution in [0.3, 0.4) is 0 Å². The molecule has 0 aromatic carbocycles. The van der Waals surface area contributed by atoms with Gasteiger partial charge in [0.2, 0.25) is 5.91 Å². The molecule has 0 aromatic rings. The van der Waals surface area contributed by atoms with Crippen molar-refractivity contribution in [2.24, 2.45) is 17.8 Å². The zero-order valence-corrected chi connectivity index (χ0v) is 9.61. The second-order valence-corrected chi connectivity index (χ2v) is 5.11. The molecular formula is C12H19NO3. The van der Waals surface area contributed by atoms with Gasteiger partial charge in [0.05, 0.1) is 0 Å². The number of carboxylic acids is 1. The van der Waals surface area contributed by atoms with Crippen molar-refractivity contribution in [1.29, 1.82) is 0 Å². The Morgan fingerprint density at radius 2 is 1.94 bits per heavy atom. The van der Waals surface area contributed by atoms with Gasteiger partial charge < -0.3 is 10.4 Å². The molecular weight excluding hydrogens is 206 g/mol. The molecule has 4 heteroatoms. The number of aliphatic carboxylic acids is 1. The summed E-state index contributed by atoms with van der Waals surface area (Å²) in [5.74, 6) is 0.615. The van der Waals surface area contributed by atoms with Gasteiger partial charge in [0.1, 0.15) is 6.04 Å². The lowest BCUT2D eigenvalue weighted by Gasteiger charge is -2.17. The van der Waals surface area contributed by atoms with Gasteiger partial charge in [-0.25, -0.2) is 4.79 Å². The van der Waals surface area contributed by atoms with Crippen molar-refractivity contribution in [3.05, 3.63) is 0 Å². The second-order valence-electron chi connectivity index (χ2n) is 5.11. The van der Waals surface area contributed by atoms with Crippen molar-refractivity contribution in [2.75, 3.05) is 0 Å². The summed E-state index contributed by atoms with van der Waals surface area (Å²) < 4.78 is 0. The van der Waals surface area contributed by atoms with Crippen molar-refractivity contribution in [2.45, 2.75) is 45.1 Å². The molecule has 4 nitrogen and oxygen atoms in total. The van der Waals surface area contributed by atoms with Crippen LogP contribution < -0.4 is 5.32 Å². The summed E-state index contributed by atoms with van der Waals surface area (Å²) in [4.78, 5) is 22.7. The molecule has 2 rings (SSSR count). The summed E-state index contributed by atoms with van der Waals surface area (Å²) in [6.45, 7) is 1.92.